The molecule has 0 heterocycles. The first-order valence-electron chi connectivity index (χ1n) is 6.16. The van der Waals surface area contributed by atoms with Crippen molar-refractivity contribution in [3.8, 4) is 0 Å². The minimum absolute atomic E-state index is 0.105. The fourth-order valence-corrected chi connectivity index (χ4v) is 1.67. The summed E-state index contributed by atoms with van der Waals surface area (Å²) in [5.74, 6) is 0.105. The van der Waals surface area contributed by atoms with Crippen molar-refractivity contribution in [3.63, 3.8) is 0 Å². The summed E-state index contributed by atoms with van der Waals surface area (Å²) in [7, 11) is 0. The maximum Gasteiger partial charge on any atom is 0.220 e. The maximum atomic E-state index is 11.6. The summed E-state index contributed by atoms with van der Waals surface area (Å²) in [5, 5.41) is 2.88. The van der Waals surface area contributed by atoms with E-state index >= 15 is 0 Å². The lowest BCUT2D eigenvalue weighted by atomic mass is 10.0. The molecule has 1 aromatic carbocycles. The van der Waals surface area contributed by atoms with Crippen molar-refractivity contribution in [2.24, 2.45) is 5.73 Å². The van der Waals surface area contributed by atoms with E-state index in [1.165, 1.54) is 11.1 Å². The summed E-state index contributed by atoms with van der Waals surface area (Å²) < 4.78 is 0. The molecule has 3 N–H and O–H groups in total. The van der Waals surface area contributed by atoms with Crippen molar-refractivity contribution < 1.29 is 4.79 Å². The predicted molar refractivity (Wildman–Crippen MR) is 70.8 cm³/mol. The molecule has 1 amide bonds. The van der Waals surface area contributed by atoms with Crippen LogP contribution in [0.5, 0.6) is 0 Å². The molecule has 1 aromatic rings. The third-order valence-electron chi connectivity index (χ3n) is 2.80. The molecule has 94 valence electrons. The molecule has 0 aliphatic heterocycles. The van der Waals surface area contributed by atoms with Crippen LogP contribution in [-0.4, -0.2) is 18.5 Å². The van der Waals surface area contributed by atoms with E-state index in [-0.39, 0.29) is 11.9 Å². The molecule has 0 spiro atoms. The first kappa shape index (κ1) is 13.7. The second kappa shape index (κ2) is 7.07. The number of hydrogen-bond acceptors (Lipinski definition) is 2. The van der Waals surface area contributed by atoms with E-state index in [0.29, 0.717) is 13.0 Å². The van der Waals surface area contributed by atoms with Gasteiger partial charge >= 0.3 is 0 Å². The van der Waals surface area contributed by atoms with Crippen LogP contribution in [0.1, 0.15) is 30.9 Å². The molecule has 17 heavy (non-hydrogen) atoms. The topological polar surface area (TPSA) is 55.1 Å². The van der Waals surface area contributed by atoms with Gasteiger partial charge in [0.2, 0.25) is 5.91 Å². The number of benzene rings is 1. The molecule has 1 unspecified atom stereocenters. The predicted octanol–water partition coefficient (Wildman–Crippen LogP) is 1.78. The minimum atomic E-state index is 0.105. The Balaban J connectivity index is 2.26. The van der Waals surface area contributed by atoms with E-state index in [2.05, 4.69) is 24.4 Å². The van der Waals surface area contributed by atoms with Crippen molar-refractivity contribution in [2.45, 2.75) is 39.2 Å². The highest BCUT2D eigenvalue weighted by molar-refractivity contribution is 5.76. The lowest BCUT2D eigenvalue weighted by Gasteiger charge is -2.08. The molecular formula is C14H22N2O. The highest BCUT2D eigenvalue weighted by Gasteiger charge is 2.03. The third kappa shape index (κ3) is 5.50. The molecule has 0 radical (unpaired) electrons. The normalized spacial score (nSPS) is 12.2. The molecule has 3 heteroatoms. The zero-order chi connectivity index (χ0) is 12.7. The first-order valence-corrected chi connectivity index (χ1v) is 6.16. The number of carbonyl (C=O) groups is 1. The van der Waals surface area contributed by atoms with E-state index in [9.17, 15) is 4.79 Å². The average molecular weight is 234 g/mol. The van der Waals surface area contributed by atoms with Gasteiger partial charge in [-0.3, -0.25) is 4.79 Å². The van der Waals surface area contributed by atoms with Crippen molar-refractivity contribution in [2.75, 3.05) is 6.54 Å². The van der Waals surface area contributed by atoms with Gasteiger partial charge in [0, 0.05) is 19.0 Å². The molecule has 1 rings (SSSR count). The Morgan fingerprint density at radius 1 is 1.41 bits per heavy atom. The number of amides is 1. The number of nitrogens with one attached hydrogen (secondary N) is 1. The van der Waals surface area contributed by atoms with E-state index in [0.717, 1.165) is 12.8 Å². The van der Waals surface area contributed by atoms with Gasteiger partial charge in [-0.1, -0.05) is 24.3 Å². The van der Waals surface area contributed by atoms with E-state index in [1.807, 2.05) is 19.1 Å². The highest BCUT2D eigenvalue weighted by Crippen LogP contribution is 2.09. The molecule has 1 atom stereocenters. The van der Waals surface area contributed by atoms with Gasteiger partial charge in [-0.05, 0) is 37.8 Å². The SMILES string of the molecule is Cc1ccccc1CCC(=O)NCCC(C)N. The van der Waals surface area contributed by atoms with Gasteiger partial charge in [-0.15, -0.1) is 0 Å². The zero-order valence-corrected chi connectivity index (χ0v) is 10.7. The summed E-state index contributed by atoms with van der Waals surface area (Å²) >= 11 is 0. The molecule has 0 fully saturated rings. The lowest BCUT2D eigenvalue weighted by Crippen LogP contribution is -2.29. The van der Waals surface area contributed by atoms with Gasteiger partial charge in [0.05, 0.1) is 0 Å². The molecule has 0 aliphatic carbocycles. The minimum Gasteiger partial charge on any atom is -0.356 e. The molecule has 0 aliphatic rings. The molecule has 0 saturated heterocycles. The summed E-state index contributed by atoms with van der Waals surface area (Å²) in [4.78, 5) is 11.6. The highest BCUT2D eigenvalue weighted by atomic mass is 16.1. The van der Waals surface area contributed by atoms with Gasteiger partial charge < -0.3 is 11.1 Å². The Labute approximate surface area is 103 Å². The maximum absolute atomic E-state index is 11.6. The van der Waals surface area contributed by atoms with E-state index in [1.54, 1.807) is 0 Å². The van der Waals surface area contributed by atoms with E-state index in [4.69, 9.17) is 5.73 Å². The van der Waals surface area contributed by atoms with Gasteiger partial charge in [-0.2, -0.15) is 0 Å². The first-order chi connectivity index (χ1) is 8.09. The van der Waals surface area contributed by atoms with Gasteiger partial charge in [-0.25, -0.2) is 0 Å². The van der Waals surface area contributed by atoms with Crippen molar-refractivity contribution >= 4 is 5.91 Å². The molecular weight excluding hydrogens is 212 g/mol. The number of hydrogen-bond donors (Lipinski definition) is 2. The largest absolute Gasteiger partial charge is 0.356 e. The number of aryl methyl sites for hydroxylation is 2. The quantitative estimate of drug-likeness (QED) is 0.788. The van der Waals surface area contributed by atoms with Crippen molar-refractivity contribution in [3.05, 3.63) is 35.4 Å². The second-order valence-electron chi connectivity index (χ2n) is 4.54. The third-order valence-corrected chi connectivity index (χ3v) is 2.80. The van der Waals surface area contributed by atoms with Crippen LogP contribution in [0.2, 0.25) is 0 Å². The van der Waals surface area contributed by atoms with Crippen LogP contribution in [0.4, 0.5) is 0 Å². The Morgan fingerprint density at radius 2 is 2.12 bits per heavy atom. The number of rotatable bonds is 6. The van der Waals surface area contributed by atoms with Crippen LogP contribution in [0.15, 0.2) is 24.3 Å². The fraction of sp³-hybridized carbons (Fsp3) is 0.500. The van der Waals surface area contributed by atoms with E-state index < -0.39 is 0 Å². The summed E-state index contributed by atoms with van der Waals surface area (Å²) in [5.41, 5.74) is 8.10. The van der Waals surface area contributed by atoms with Crippen LogP contribution >= 0.6 is 0 Å². The Morgan fingerprint density at radius 3 is 2.76 bits per heavy atom. The smallest absolute Gasteiger partial charge is 0.220 e. The van der Waals surface area contributed by atoms with Crippen molar-refractivity contribution in [1.82, 2.24) is 5.32 Å². The Bertz CT molecular complexity index is 361. The van der Waals surface area contributed by atoms with Crippen LogP contribution in [-0.2, 0) is 11.2 Å². The molecule has 3 nitrogen and oxygen atoms in total. The van der Waals surface area contributed by atoms with Gasteiger partial charge in [0.25, 0.3) is 0 Å². The fourth-order valence-electron chi connectivity index (χ4n) is 1.67. The molecule has 0 bridgehead atoms. The Hall–Kier alpha value is -1.35. The second-order valence-corrected chi connectivity index (χ2v) is 4.54. The zero-order valence-electron chi connectivity index (χ0n) is 10.7. The van der Waals surface area contributed by atoms with Crippen molar-refractivity contribution in [1.29, 1.82) is 0 Å². The monoisotopic (exact) mass is 234 g/mol. The van der Waals surface area contributed by atoms with Gasteiger partial charge in [0.15, 0.2) is 0 Å². The van der Waals surface area contributed by atoms with Crippen LogP contribution in [0.3, 0.4) is 0 Å². The summed E-state index contributed by atoms with van der Waals surface area (Å²) in [6.07, 6.45) is 2.18. The number of nitrogens with two attached hydrogens (primary N) is 1. The Kier molecular flexibility index (Phi) is 5.70. The average Bonchev–Trinajstić information content (AvgIpc) is 2.27. The molecule has 0 aromatic heterocycles. The van der Waals surface area contributed by atoms with Crippen LogP contribution in [0.25, 0.3) is 0 Å². The van der Waals surface area contributed by atoms with Crippen LogP contribution in [0, 0.1) is 6.92 Å². The summed E-state index contributed by atoms with van der Waals surface area (Å²) in [6, 6.07) is 8.32. The number of carbonyl (C=O) groups excluding carboxylic acids is 1. The standard InChI is InChI=1S/C14H22N2O/c1-11-5-3-4-6-13(11)7-8-14(17)16-10-9-12(2)15/h3-6,12H,7-10,15H2,1-2H3,(H,16,17). The van der Waals surface area contributed by atoms with Gasteiger partial charge in [0.1, 0.15) is 0 Å². The molecule has 0 saturated carbocycles. The van der Waals surface area contributed by atoms with Crippen LogP contribution < -0.4 is 11.1 Å². The summed E-state index contributed by atoms with van der Waals surface area (Å²) in [6.45, 7) is 4.69. The lowest BCUT2D eigenvalue weighted by molar-refractivity contribution is -0.121.